The van der Waals surface area contributed by atoms with Gasteiger partial charge in [0, 0.05) is 39.1 Å². The van der Waals surface area contributed by atoms with E-state index in [1.807, 2.05) is 17.9 Å². The van der Waals surface area contributed by atoms with Gasteiger partial charge in [0.1, 0.15) is 5.76 Å². The van der Waals surface area contributed by atoms with Crippen molar-refractivity contribution in [2.45, 2.75) is 51.1 Å². The Hall–Kier alpha value is -2.02. The number of aliphatic imine (C=N–C) groups is 1. The van der Waals surface area contributed by atoms with Gasteiger partial charge in [0.15, 0.2) is 5.96 Å². The number of rotatable bonds is 6. The van der Waals surface area contributed by atoms with Gasteiger partial charge in [0.2, 0.25) is 5.91 Å². The van der Waals surface area contributed by atoms with Gasteiger partial charge in [0.25, 0.3) is 0 Å². The minimum Gasteiger partial charge on any atom is -0.468 e. The lowest BCUT2D eigenvalue weighted by Gasteiger charge is -2.34. The van der Waals surface area contributed by atoms with Crippen LogP contribution in [0.25, 0.3) is 0 Å². The van der Waals surface area contributed by atoms with E-state index in [2.05, 4.69) is 26.6 Å². The number of hydrogen-bond donors (Lipinski definition) is 2. The molecule has 0 radical (unpaired) electrons. The third-order valence-corrected chi connectivity index (χ3v) is 5.57. The molecule has 2 N–H and O–H groups in total. The van der Waals surface area contributed by atoms with Gasteiger partial charge in [-0.15, -0.1) is 0 Å². The van der Waals surface area contributed by atoms with Crippen LogP contribution < -0.4 is 10.6 Å². The second-order valence-corrected chi connectivity index (χ2v) is 7.40. The third kappa shape index (κ3) is 5.25. The number of hydrogen-bond acceptors (Lipinski definition) is 4. The zero-order valence-corrected chi connectivity index (χ0v) is 16.6. The molecule has 3 heterocycles. The van der Waals surface area contributed by atoms with Gasteiger partial charge in [0.05, 0.1) is 12.3 Å². The summed E-state index contributed by atoms with van der Waals surface area (Å²) in [6.07, 6.45) is 7.07. The molecule has 0 aromatic carbocycles. The maximum atomic E-state index is 11.9. The molecule has 2 fully saturated rings. The summed E-state index contributed by atoms with van der Waals surface area (Å²) in [5.41, 5.74) is 0. The van der Waals surface area contributed by atoms with E-state index in [-0.39, 0.29) is 18.0 Å². The van der Waals surface area contributed by atoms with Crippen molar-refractivity contribution in [3.8, 4) is 0 Å². The van der Waals surface area contributed by atoms with E-state index in [4.69, 9.17) is 4.42 Å². The quantitative estimate of drug-likeness (QED) is 0.588. The van der Waals surface area contributed by atoms with E-state index in [1.165, 1.54) is 19.3 Å². The van der Waals surface area contributed by atoms with Crippen molar-refractivity contribution in [1.29, 1.82) is 0 Å². The number of furan rings is 1. The monoisotopic (exact) mass is 375 g/mol. The fourth-order valence-corrected chi connectivity index (χ4v) is 4.03. The van der Waals surface area contributed by atoms with Gasteiger partial charge in [-0.3, -0.25) is 14.7 Å². The summed E-state index contributed by atoms with van der Waals surface area (Å²) in [6.45, 7) is 6.45. The van der Waals surface area contributed by atoms with Crippen molar-refractivity contribution >= 4 is 11.9 Å². The highest BCUT2D eigenvalue weighted by atomic mass is 16.3. The van der Waals surface area contributed by atoms with Gasteiger partial charge >= 0.3 is 0 Å². The normalized spacial score (nSPS) is 22.7. The molecule has 0 aliphatic carbocycles. The average molecular weight is 376 g/mol. The fourth-order valence-electron chi connectivity index (χ4n) is 4.03. The van der Waals surface area contributed by atoms with Crippen LogP contribution in [-0.4, -0.2) is 67.5 Å². The lowest BCUT2D eigenvalue weighted by atomic mass is 10.1. The smallest absolute Gasteiger partial charge is 0.222 e. The number of carbonyl (C=O) groups is 1. The van der Waals surface area contributed by atoms with Crippen molar-refractivity contribution in [3.05, 3.63) is 24.2 Å². The first-order valence-corrected chi connectivity index (χ1v) is 10.2. The summed E-state index contributed by atoms with van der Waals surface area (Å²) in [6, 6.07) is 4.48. The highest BCUT2D eigenvalue weighted by molar-refractivity contribution is 5.80. The number of nitrogens with one attached hydrogen (secondary N) is 2. The molecule has 2 aliphatic rings. The van der Waals surface area contributed by atoms with E-state index < -0.39 is 0 Å². The molecule has 0 bridgehead atoms. The number of nitrogens with zero attached hydrogens (tertiary/aromatic N) is 3. The predicted octanol–water partition coefficient (Wildman–Crippen LogP) is 1.98. The van der Waals surface area contributed by atoms with E-state index in [1.54, 1.807) is 13.3 Å². The second kappa shape index (κ2) is 9.78. The first-order valence-electron chi connectivity index (χ1n) is 10.2. The van der Waals surface area contributed by atoms with E-state index in [0.29, 0.717) is 6.42 Å². The van der Waals surface area contributed by atoms with Crippen molar-refractivity contribution in [3.63, 3.8) is 0 Å². The minimum absolute atomic E-state index is 0.209. The molecule has 1 aromatic rings. The Labute approximate surface area is 162 Å². The largest absolute Gasteiger partial charge is 0.468 e. The number of guanidine groups is 1. The Morgan fingerprint density at radius 3 is 2.81 bits per heavy atom. The van der Waals surface area contributed by atoms with Crippen molar-refractivity contribution < 1.29 is 9.21 Å². The maximum Gasteiger partial charge on any atom is 0.222 e. The second-order valence-electron chi connectivity index (χ2n) is 7.40. The van der Waals surface area contributed by atoms with Crippen molar-refractivity contribution in [2.24, 2.45) is 4.99 Å². The Kier molecular flexibility index (Phi) is 7.15. The molecule has 7 nitrogen and oxygen atoms in total. The molecular weight excluding hydrogens is 342 g/mol. The minimum atomic E-state index is 0.209. The van der Waals surface area contributed by atoms with Crippen LogP contribution in [0.15, 0.2) is 27.8 Å². The summed E-state index contributed by atoms with van der Waals surface area (Å²) in [7, 11) is 1.79. The molecule has 1 amide bonds. The fraction of sp³-hybridized carbons (Fsp3) is 0.700. The van der Waals surface area contributed by atoms with Crippen LogP contribution in [0, 0.1) is 0 Å². The van der Waals surface area contributed by atoms with Crippen LogP contribution in [0.3, 0.4) is 0 Å². The van der Waals surface area contributed by atoms with Crippen molar-refractivity contribution in [1.82, 2.24) is 20.4 Å². The highest BCUT2D eigenvalue weighted by Gasteiger charge is 2.27. The molecule has 27 heavy (non-hydrogen) atoms. The van der Waals surface area contributed by atoms with E-state index >= 15 is 0 Å². The van der Waals surface area contributed by atoms with Crippen LogP contribution in [0.2, 0.25) is 0 Å². The molecule has 1 aromatic heterocycles. The zero-order valence-electron chi connectivity index (χ0n) is 16.6. The first-order chi connectivity index (χ1) is 13.2. The number of amides is 1. The molecule has 2 aliphatic heterocycles. The summed E-state index contributed by atoms with van der Waals surface area (Å²) in [5.74, 6) is 2.02. The Morgan fingerprint density at radius 1 is 1.33 bits per heavy atom. The third-order valence-electron chi connectivity index (χ3n) is 5.57. The topological polar surface area (TPSA) is 73.1 Å². The lowest BCUT2D eigenvalue weighted by Crippen LogP contribution is -2.48. The summed E-state index contributed by atoms with van der Waals surface area (Å²) in [5, 5.41) is 6.95. The summed E-state index contributed by atoms with van der Waals surface area (Å²) >= 11 is 0. The maximum absolute atomic E-state index is 11.9. The van der Waals surface area contributed by atoms with E-state index in [0.717, 1.165) is 50.9 Å². The van der Waals surface area contributed by atoms with Crippen molar-refractivity contribution in [2.75, 3.05) is 39.8 Å². The molecule has 2 unspecified atom stereocenters. The first kappa shape index (κ1) is 19.7. The Morgan fingerprint density at radius 2 is 2.15 bits per heavy atom. The van der Waals surface area contributed by atoms with Gasteiger partial charge in [-0.2, -0.15) is 0 Å². The number of carbonyl (C=O) groups excluding carboxylic acids is 1. The molecule has 2 atom stereocenters. The Bertz CT molecular complexity index is 610. The van der Waals surface area contributed by atoms with Gasteiger partial charge in [-0.25, -0.2) is 0 Å². The number of piperidine rings is 1. The van der Waals surface area contributed by atoms with Crippen LogP contribution in [-0.2, 0) is 4.79 Å². The van der Waals surface area contributed by atoms with Gasteiger partial charge in [-0.05, 0) is 44.5 Å². The standard InChI is InChI=1S/C20H33N5O2/c1-3-19(26)25-12-9-16(15-25)23-20(21-2)22-14-17(18-8-7-13-27-18)24-10-5-4-6-11-24/h7-8,13,16-17H,3-6,9-12,14-15H2,1-2H3,(H2,21,22,23). The summed E-state index contributed by atoms with van der Waals surface area (Å²) in [4.78, 5) is 20.7. The van der Waals surface area contributed by atoms with Gasteiger partial charge in [-0.1, -0.05) is 13.3 Å². The zero-order chi connectivity index (χ0) is 19.1. The highest BCUT2D eigenvalue weighted by Crippen LogP contribution is 2.24. The summed E-state index contributed by atoms with van der Waals surface area (Å²) < 4.78 is 5.71. The molecule has 3 rings (SSSR count). The molecule has 2 saturated heterocycles. The SMILES string of the molecule is CCC(=O)N1CCC(NC(=NC)NCC(c2ccco2)N2CCCCC2)C1. The molecule has 0 saturated carbocycles. The Balaban J connectivity index is 1.54. The molecule has 0 spiro atoms. The molecule has 7 heteroatoms. The van der Waals surface area contributed by atoms with Crippen LogP contribution in [0.4, 0.5) is 0 Å². The molecule has 150 valence electrons. The van der Waals surface area contributed by atoms with Crippen LogP contribution >= 0.6 is 0 Å². The molecular formula is C20H33N5O2. The number of likely N-dealkylation sites (tertiary alicyclic amines) is 2. The van der Waals surface area contributed by atoms with Gasteiger partial charge < -0.3 is 20.0 Å². The van der Waals surface area contributed by atoms with Crippen LogP contribution in [0.1, 0.15) is 50.8 Å². The average Bonchev–Trinajstić information content (AvgIpc) is 3.40. The predicted molar refractivity (Wildman–Crippen MR) is 107 cm³/mol. The lowest BCUT2D eigenvalue weighted by molar-refractivity contribution is -0.129. The van der Waals surface area contributed by atoms with Crippen LogP contribution in [0.5, 0.6) is 0 Å². The van der Waals surface area contributed by atoms with E-state index in [9.17, 15) is 4.79 Å².